The van der Waals surface area contributed by atoms with Crippen LogP contribution < -0.4 is 5.32 Å². The first kappa shape index (κ1) is 12.2. The zero-order valence-corrected chi connectivity index (χ0v) is 9.76. The van der Waals surface area contributed by atoms with Crippen LogP contribution in [-0.2, 0) is 0 Å². The van der Waals surface area contributed by atoms with Crippen molar-refractivity contribution in [3.63, 3.8) is 0 Å². The van der Waals surface area contributed by atoms with Crippen LogP contribution in [-0.4, -0.2) is 6.54 Å². The molecule has 0 amide bonds. The Balaban J connectivity index is 2.40. The largest absolute Gasteiger partial charge is 0.310 e. The van der Waals surface area contributed by atoms with Crippen LogP contribution in [0.3, 0.4) is 0 Å². The maximum absolute atomic E-state index is 12.7. The third-order valence-electron chi connectivity index (χ3n) is 2.54. The first-order chi connectivity index (χ1) is 7.09. The van der Waals surface area contributed by atoms with Crippen molar-refractivity contribution in [3.05, 3.63) is 35.6 Å². The molecule has 1 atom stereocenters. The van der Waals surface area contributed by atoms with Gasteiger partial charge in [0.2, 0.25) is 0 Å². The van der Waals surface area contributed by atoms with Gasteiger partial charge >= 0.3 is 0 Å². The summed E-state index contributed by atoms with van der Waals surface area (Å²) in [6.07, 6.45) is 1.17. The highest BCUT2D eigenvalue weighted by molar-refractivity contribution is 5.19. The van der Waals surface area contributed by atoms with Crippen molar-refractivity contribution in [2.24, 2.45) is 5.92 Å². The van der Waals surface area contributed by atoms with E-state index in [1.165, 1.54) is 18.6 Å². The average molecular weight is 209 g/mol. The molecule has 1 rings (SSSR count). The van der Waals surface area contributed by atoms with Crippen LogP contribution in [0.2, 0.25) is 0 Å². The molecule has 15 heavy (non-hydrogen) atoms. The van der Waals surface area contributed by atoms with Gasteiger partial charge in [-0.3, -0.25) is 0 Å². The fourth-order valence-electron chi connectivity index (χ4n) is 1.46. The van der Waals surface area contributed by atoms with Crippen molar-refractivity contribution < 1.29 is 4.39 Å². The van der Waals surface area contributed by atoms with Crippen LogP contribution in [0.25, 0.3) is 0 Å². The Morgan fingerprint density at radius 2 is 1.73 bits per heavy atom. The molecule has 0 bridgehead atoms. The number of rotatable bonds is 5. The second-order valence-corrected chi connectivity index (χ2v) is 4.41. The summed E-state index contributed by atoms with van der Waals surface area (Å²) in [7, 11) is 0. The van der Waals surface area contributed by atoms with Gasteiger partial charge in [-0.1, -0.05) is 26.0 Å². The summed E-state index contributed by atoms with van der Waals surface area (Å²) in [4.78, 5) is 0. The van der Waals surface area contributed by atoms with Crippen LogP contribution in [0, 0.1) is 11.7 Å². The second kappa shape index (κ2) is 5.86. The molecule has 0 fully saturated rings. The molecule has 0 aromatic heterocycles. The fourth-order valence-corrected chi connectivity index (χ4v) is 1.46. The van der Waals surface area contributed by atoms with Crippen LogP contribution in [0.1, 0.15) is 38.8 Å². The number of nitrogens with one attached hydrogen (secondary N) is 1. The maximum atomic E-state index is 12.7. The van der Waals surface area contributed by atoms with Gasteiger partial charge in [-0.2, -0.15) is 0 Å². The van der Waals surface area contributed by atoms with E-state index in [9.17, 15) is 4.39 Å². The van der Waals surface area contributed by atoms with Crippen molar-refractivity contribution in [2.45, 2.75) is 33.2 Å². The molecule has 1 nitrogen and oxygen atoms in total. The predicted molar refractivity (Wildman–Crippen MR) is 62.3 cm³/mol. The van der Waals surface area contributed by atoms with Gasteiger partial charge in [-0.15, -0.1) is 0 Å². The van der Waals surface area contributed by atoms with E-state index in [1.807, 2.05) is 12.1 Å². The molecule has 1 aromatic rings. The van der Waals surface area contributed by atoms with Crippen molar-refractivity contribution in [2.75, 3.05) is 6.54 Å². The molecule has 0 aliphatic rings. The molecule has 0 unspecified atom stereocenters. The molecule has 0 aliphatic heterocycles. The summed E-state index contributed by atoms with van der Waals surface area (Å²) in [6, 6.07) is 6.99. The Kier molecular flexibility index (Phi) is 4.76. The lowest BCUT2D eigenvalue weighted by Crippen LogP contribution is -2.20. The minimum absolute atomic E-state index is 0.173. The summed E-state index contributed by atoms with van der Waals surface area (Å²) in [6.45, 7) is 7.54. The molecule has 0 saturated carbocycles. The molecule has 0 radical (unpaired) electrons. The van der Waals surface area contributed by atoms with Gasteiger partial charge < -0.3 is 5.32 Å². The molecule has 0 aliphatic carbocycles. The van der Waals surface area contributed by atoms with Crippen molar-refractivity contribution >= 4 is 0 Å². The maximum Gasteiger partial charge on any atom is 0.123 e. The third kappa shape index (κ3) is 4.43. The van der Waals surface area contributed by atoms with Crippen molar-refractivity contribution in [1.29, 1.82) is 0 Å². The molecular weight excluding hydrogens is 189 g/mol. The average Bonchev–Trinajstić information content (AvgIpc) is 2.18. The number of halogens is 1. The molecule has 1 N–H and O–H groups in total. The van der Waals surface area contributed by atoms with Crippen LogP contribution in [0.4, 0.5) is 4.39 Å². The van der Waals surface area contributed by atoms with Gasteiger partial charge in [0.05, 0.1) is 0 Å². The number of hydrogen-bond donors (Lipinski definition) is 1. The summed E-state index contributed by atoms with van der Waals surface area (Å²) < 4.78 is 12.7. The van der Waals surface area contributed by atoms with Crippen molar-refractivity contribution in [3.8, 4) is 0 Å². The molecule has 2 heteroatoms. The second-order valence-electron chi connectivity index (χ2n) is 4.41. The van der Waals surface area contributed by atoms with E-state index in [1.54, 1.807) is 0 Å². The van der Waals surface area contributed by atoms with Crippen LogP contribution in [0.5, 0.6) is 0 Å². The minimum atomic E-state index is -0.173. The van der Waals surface area contributed by atoms with Crippen molar-refractivity contribution in [1.82, 2.24) is 5.32 Å². The van der Waals surface area contributed by atoms with Gasteiger partial charge in [0.25, 0.3) is 0 Å². The number of hydrogen-bond acceptors (Lipinski definition) is 1. The first-order valence-electron chi connectivity index (χ1n) is 5.58. The smallest absolute Gasteiger partial charge is 0.123 e. The van der Waals surface area contributed by atoms with Crippen LogP contribution in [0.15, 0.2) is 24.3 Å². The Labute approximate surface area is 91.7 Å². The van der Waals surface area contributed by atoms with Gasteiger partial charge in [0.1, 0.15) is 5.82 Å². The summed E-state index contributed by atoms with van der Waals surface area (Å²) in [5, 5.41) is 3.43. The summed E-state index contributed by atoms with van der Waals surface area (Å²) >= 11 is 0. The highest BCUT2D eigenvalue weighted by atomic mass is 19.1. The lowest BCUT2D eigenvalue weighted by Gasteiger charge is -2.15. The van der Waals surface area contributed by atoms with Gasteiger partial charge in [0.15, 0.2) is 0 Å². The Bertz CT molecular complexity index is 279. The Hall–Kier alpha value is -0.890. The van der Waals surface area contributed by atoms with E-state index in [0.29, 0.717) is 6.04 Å². The third-order valence-corrected chi connectivity index (χ3v) is 2.54. The molecule has 0 saturated heterocycles. The SMILES string of the molecule is CC(C)CCN[C@@H](C)c1ccc(F)cc1. The lowest BCUT2D eigenvalue weighted by atomic mass is 10.1. The highest BCUT2D eigenvalue weighted by Gasteiger charge is 2.04. The summed E-state index contributed by atoms with van der Waals surface area (Å²) in [5.74, 6) is 0.547. The molecule has 0 heterocycles. The molecular formula is C13H20FN. The lowest BCUT2D eigenvalue weighted by molar-refractivity contribution is 0.496. The monoisotopic (exact) mass is 209 g/mol. The summed E-state index contributed by atoms with van der Waals surface area (Å²) in [5.41, 5.74) is 1.14. The predicted octanol–water partition coefficient (Wildman–Crippen LogP) is 3.52. The first-order valence-corrected chi connectivity index (χ1v) is 5.58. The van der Waals surface area contributed by atoms with Gasteiger partial charge in [-0.05, 0) is 43.5 Å². The standard InChI is InChI=1S/C13H20FN/c1-10(2)8-9-15-11(3)12-4-6-13(14)7-5-12/h4-7,10-11,15H,8-9H2,1-3H3/t11-/m0/s1. The Morgan fingerprint density at radius 1 is 1.13 bits per heavy atom. The Morgan fingerprint density at radius 3 is 2.27 bits per heavy atom. The molecule has 84 valence electrons. The van der Waals surface area contributed by atoms with E-state index in [2.05, 4.69) is 26.1 Å². The van der Waals surface area contributed by atoms with Gasteiger partial charge in [0, 0.05) is 6.04 Å². The normalized spacial score (nSPS) is 13.1. The molecule has 0 spiro atoms. The van der Waals surface area contributed by atoms with E-state index in [-0.39, 0.29) is 5.82 Å². The van der Waals surface area contributed by atoms with E-state index < -0.39 is 0 Å². The van der Waals surface area contributed by atoms with E-state index in [0.717, 1.165) is 18.0 Å². The van der Waals surface area contributed by atoms with Gasteiger partial charge in [-0.25, -0.2) is 4.39 Å². The topological polar surface area (TPSA) is 12.0 Å². The molecule has 1 aromatic carbocycles. The number of benzene rings is 1. The zero-order chi connectivity index (χ0) is 11.3. The minimum Gasteiger partial charge on any atom is -0.310 e. The zero-order valence-electron chi connectivity index (χ0n) is 9.76. The quantitative estimate of drug-likeness (QED) is 0.782. The van der Waals surface area contributed by atoms with E-state index >= 15 is 0 Å². The van der Waals surface area contributed by atoms with Crippen LogP contribution >= 0.6 is 0 Å². The fraction of sp³-hybridized carbons (Fsp3) is 0.538. The highest BCUT2D eigenvalue weighted by Crippen LogP contribution is 2.12. The van der Waals surface area contributed by atoms with E-state index in [4.69, 9.17) is 0 Å².